The summed E-state index contributed by atoms with van der Waals surface area (Å²) in [5.41, 5.74) is 3.83. The number of fused-ring (bicyclic) bond motifs is 3. The lowest BCUT2D eigenvalue weighted by Crippen LogP contribution is -2.26. The quantitative estimate of drug-likeness (QED) is 0.561. The molecule has 0 saturated heterocycles. The molecule has 1 aromatic heterocycles. The maximum atomic E-state index is 13.0. The number of ketones is 3. The Morgan fingerprint density at radius 1 is 1.14 bits per heavy atom. The minimum absolute atomic E-state index is 0.0134. The van der Waals surface area contributed by atoms with Crippen molar-refractivity contribution in [1.29, 1.82) is 0 Å². The number of carbonyl (C=O) groups excluding carboxylic acids is 3. The molecule has 1 aromatic carbocycles. The van der Waals surface area contributed by atoms with Crippen molar-refractivity contribution < 1.29 is 14.4 Å². The minimum Gasteiger partial charge on any atom is -0.351 e. The zero-order valence-corrected chi connectivity index (χ0v) is 17.2. The van der Waals surface area contributed by atoms with Gasteiger partial charge in [-0.05, 0) is 68.9 Å². The Bertz CT molecular complexity index is 1030. The van der Waals surface area contributed by atoms with E-state index < -0.39 is 0 Å². The van der Waals surface area contributed by atoms with Crippen LogP contribution in [-0.4, -0.2) is 22.3 Å². The molecule has 0 fully saturated rings. The minimum atomic E-state index is -0.161. The summed E-state index contributed by atoms with van der Waals surface area (Å²) in [5.74, 6) is 0.0706. The average Bonchev–Trinajstić information content (AvgIpc) is 3.00. The molecular formula is C24H27NO3. The Morgan fingerprint density at radius 3 is 2.39 bits per heavy atom. The van der Waals surface area contributed by atoms with Crippen molar-refractivity contribution in [3.8, 4) is 0 Å². The summed E-state index contributed by atoms with van der Waals surface area (Å²) in [6.07, 6.45) is 7.96. The largest absolute Gasteiger partial charge is 0.351 e. The number of aryl methyl sites for hydroxylation is 1. The number of H-pyrrole nitrogens is 1. The molecule has 1 aliphatic rings. The number of nitrogens with one attached hydrogen (secondary N) is 1. The molecule has 28 heavy (non-hydrogen) atoms. The zero-order valence-electron chi connectivity index (χ0n) is 17.2. The number of aromatic amines is 1. The predicted octanol–water partition coefficient (Wildman–Crippen LogP) is 5.40. The van der Waals surface area contributed by atoms with Crippen LogP contribution in [0.4, 0.5) is 0 Å². The number of hydrogen-bond acceptors (Lipinski definition) is 3. The van der Waals surface area contributed by atoms with E-state index in [1.54, 1.807) is 32.9 Å². The van der Waals surface area contributed by atoms with Crippen molar-refractivity contribution in [1.82, 2.24) is 4.98 Å². The third-order valence-corrected chi connectivity index (χ3v) is 5.71. The van der Waals surface area contributed by atoms with E-state index >= 15 is 0 Å². The van der Waals surface area contributed by atoms with Crippen molar-refractivity contribution in [3.63, 3.8) is 0 Å². The monoisotopic (exact) mass is 377 g/mol. The van der Waals surface area contributed by atoms with Crippen LogP contribution in [0, 0.1) is 18.8 Å². The van der Waals surface area contributed by atoms with Crippen molar-refractivity contribution in [2.45, 2.75) is 47.5 Å². The van der Waals surface area contributed by atoms with Crippen molar-refractivity contribution in [2.75, 3.05) is 0 Å². The number of allylic oxidation sites excluding steroid dienone is 4. The molecule has 1 aliphatic carbocycles. The van der Waals surface area contributed by atoms with Crippen molar-refractivity contribution in [3.05, 3.63) is 58.3 Å². The van der Waals surface area contributed by atoms with E-state index in [9.17, 15) is 14.4 Å². The highest BCUT2D eigenvalue weighted by atomic mass is 16.1. The van der Waals surface area contributed by atoms with Crippen LogP contribution < -0.4 is 0 Å². The van der Waals surface area contributed by atoms with Crippen LogP contribution in [0.25, 0.3) is 10.9 Å². The topological polar surface area (TPSA) is 67.0 Å². The molecule has 4 heteroatoms. The molecule has 1 heterocycles. The van der Waals surface area contributed by atoms with Crippen LogP contribution in [0.2, 0.25) is 0 Å². The van der Waals surface area contributed by atoms with Gasteiger partial charge in [-0.1, -0.05) is 26.0 Å². The molecule has 1 atom stereocenters. The second-order valence-electron chi connectivity index (χ2n) is 7.81. The van der Waals surface area contributed by atoms with E-state index in [0.29, 0.717) is 27.9 Å². The first kappa shape index (κ1) is 20.0. The number of carbonyl (C=O) groups is 3. The lowest BCUT2D eigenvalue weighted by atomic mass is 9.79. The summed E-state index contributed by atoms with van der Waals surface area (Å²) in [5, 5.41) is 0.817. The van der Waals surface area contributed by atoms with Gasteiger partial charge in [-0.15, -0.1) is 0 Å². The molecule has 0 aliphatic heterocycles. The molecule has 3 rings (SSSR count). The number of hydrogen-bond donors (Lipinski definition) is 1. The molecular weight excluding hydrogens is 350 g/mol. The summed E-state index contributed by atoms with van der Waals surface area (Å²) >= 11 is 0. The van der Waals surface area contributed by atoms with Crippen LogP contribution in [-0.2, 0) is 6.42 Å². The van der Waals surface area contributed by atoms with E-state index in [4.69, 9.17) is 0 Å². The van der Waals surface area contributed by atoms with Crippen molar-refractivity contribution >= 4 is 28.3 Å². The number of Topliss-reactive ketones (excluding diaryl/α,β-unsaturated/α-hetero) is 1. The van der Waals surface area contributed by atoms with Gasteiger partial charge in [0.2, 0.25) is 0 Å². The van der Waals surface area contributed by atoms with Gasteiger partial charge in [0.25, 0.3) is 0 Å². The van der Waals surface area contributed by atoms with Crippen LogP contribution >= 0.6 is 0 Å². The first-order valence-corrected chi connectivity index (χ1v) is 9.88. The van der Waals surface area contributed by atoms with Gasteiger partial charge < -0.3 is 4.98 Å². The average molecular weight is 377 g/mol. The highest BCUT2D eigenvalue weighted by Gasteiger charge is 2.33. The van der Waals surface area contributed by atoms with E-state index in [0.717, 1.165) is 23.8 Å². The summed E-state index contributed by atoms with van der Waals surface area (Å²) in [7, 11) is 0. The van der Waals surface area contributed by atoms with Crippen LogP contribution in [0.15, 0.2) is 30.4 Å². The fraction of sp³-hybridized carbons (Fsp3) is 0.375. The fourth-order valence-corrected chi connectivity index (χ4v) is 4.25. The Labute approximate surface area is 165 Å². The fourth-order valence-electron chi connectivity index (χ4n) is 4.25. The van der Waals surface area contributed by atoms with E-state index in [2.05, 4.69) is 18.8 Å². The van der Waals surface area contributed by atoms with Gasteiger partial charge in [0, 0.05) is 22.4 Å². The molecule has 4 nitrogen and oxygen atoms in total. The van der Waals surface area contributed by atoms with E-state index in [-0.39, 0.29) is 29.2 Å². The van der Waals surface area contributed by atoms with Gasteiger partial charge in [-0.2, -0.15) is 0 Å². The van der Waals surface area contributed by atoms with Gasteiger partial charge in [0.05, 0.1) is 11.2 Å². The molecule has 146 valence electrons. The molecule has 2 aromatic rings. The van der Waals surface area contributed by atoms with E-state index in [1.165, 1.54) is 12.2 Å². The number of benzene rings is 1. The Balaban J connectivity index is 2.34. The summed E-state index contributed by atoms with van der Waals surface area (Å²) in [6.45, 7) is 9.51. The molecule has 0 radical (unpaired) electrons. The summed E-state index contributed by atoms with van der Waals surface area (Å²) in [6, 6.07) is 1.84. The first-order valence-electron chi connectivity index (χ1n) is 9.88. The molecule has 1 unspecified atom stereocenters. The number of rotatable bonds is 5. The smallest absolute Gasteiger partial charge is 0.187 e. The molecule has 0 amide bonds. The standard InChI is InChI=1S/C24H27NO3/c1-6-8-19(26)17-12-18-16-11-10-15(13(3)4)24(28)23(16)25-22(18)21(14(17)5)20(27)9-7-2/h6-9,12-13,15,25H,10-11H2,1-5H3/b8-6+,9-7+. The van der Waals surface area contributed by atoms with Crippen molar-refractivity contribution in [2.24, 2.45) is 11.8 Å². The summed E-state index contributed by atoms with van der Waals surface area (Å²) in [4.78, 5) is 41.8. The molecule has 0 saturated carbocycles. The Hall–Kier alpha value is -2.75. The van der Waals surface area contributed by atoms with Crippen LogP contribution in [0.1, 0.15) is 76.4 Å². The first-order chi connectivity index (χ1) is 13.3. The van der Waals surface area contributed by atoms with Gasteiger partial charge in [-0.3, -0.25) is 14.4 Å². The van der Waals surface area contributed by atoms with Gasteiger partial charge in [0.1, 0.15) is 0 Å². The van der Waals surface area contributed by atoms with Gasteiger partial charge in [0.15, 0.2) is 17.3 Å². The third-order valence-electron chi connectivity index (χ3n) is 5.71. The van der Waals surface area contributed by atoms with Gasteiger partial charge >= 0.3 is 0 Å². The lowest BCUT2D eigenvalue weighted by molar-refractivity contribution is 0.0859. The molecule has 0 spiro atoms. The third kappa shape index (κ3) is 3.17. The SMILES string of the molecule is C/C=C/C(=O)c1cc2c3c([nH]c2c(C(=O)/C=C/C)c1C)C(=O)C(C(C)C)CC3. The van der Waals surface area contributed by atoms with Gasteiger partial charge in [-0.25, -0.2) is 0 Å². The normalized spacial score (nSPS) is 17.2. The highest BCUT2D eigenvalue weighted by molar-refractivity contribution is 6.19. The predicted molar refractivity (Wildman–Crippen MR) is 112 cm³/mol. The molecule has 0 bridgehead atoms. The van der Waals surface area contributed by atoms with Crippen LogP contribution in [0.3, 0.4) is 0 Å². The Morgan fingerprint density at radius 2 is 1.79 bits per heavy atom. The Kier molecular flexibility index (Phi) is 5.50. The lowest BCUT2D eigenvalue weighted by Gasteiger charge is -2.24. The highest BCUT2D eigenvalue weighted by Crippen LogP contribution is 2.37. The maximum absolute atomic E-state index is 13.0. The zero-order chi connectivity index (χ0) is 20.6. The van der Waals surface area contributed by atoms with Crippen LogP contribution in [0.5, 0.6) is 0 Å². The maximum Gasteiger partial charge on any atom is 0.187 e. The summed E-state index contributed by atoms with van der Waals surface area (Å²) < 4.78 is 0. The second-order valence-corrected chi connectivity index (χ2v) is 7.81. The number of aromatic nitrogens is 1. The molecule has 1 N–H and O–H groups in total. The van der Waals surface area contributed by atoms with E-state index in [1.807, 2.05) is 6.07 Å². The second kappa shape index (κ2) is 7.70.